The number of aryl methyl sites for hydroxylation is 1. The van der Waals surface area contributed by atoms with E-state index >= 15 is 0 Å². The van der Waals surface area contributed by atoms with Gasteiger partial charge < -0.3 is 10.1 Å². The lowest BCUT2D eigenvalue weighted by atomic mass is 10.1. The van der Waals surface area contributed by atoms with Gasteiger partial charge in [-0.3, -0.25) is 4.79 Å². The van der Waals surface area contributed by atoms with Crippen LogP contribution in [-0.4, -0.2) is 18.5 Å². The van der Waals surface area contributed by atoms with Gasteiger partial charge in [-0.05, 0) is 38.2 Å². The van der Waals surface area contributed by atoms with E-state index in [1.54, 1.807) is 6.92 Å². The molecule has 1 aliphatic carbocycles. The monoisotopic (exact) mass is 306 g/mol. The molecule has 1 heterocycles. The van der Waals surface area contributed by atoms with Crippen LogP contribution in [0.3, 0.4) is 0 Å². The molecule has 0 saturated heterocycles. The fourth-order valence-corrected chi connectivity index (χ4v) is 3.79. The third-order valence-electron chi connectivity index (χ3n) is 3.39. The van der Waals surface area contributed by atoms with Crippen LogP contribution in [0.2, 0.25) is 0 Å². The van der Waals surface area contributed by atoms with Crippen molar-refractivity contribution >= 4 is 28.2 Å². The van der Waals surface area contributed by atoms with Crippen LogP contribution >= 0.6 is 11.3 Å². The Morgan fingerprint density at radius 2 is 2.10 bits per heavy atom. The highest BCUT2D eigenvalue weighted by molar-refractivity contribution is 7.17. The fraction of sp³-hybridized carbons (Fsp3) is 0.533. The van der Waals surface area contributed by atoms with Crippen LogP contribution in [0, 0.1) is 11.3 Å². The topological polar surface area (TPSA) is 79.2 Å². The predicted molar refractivity (Wildman–Crippen MR) is 80.4 cm³/mol. The highest BCUT2D eigenvalue weighted by atomic mass is 32.1. The van der Waals surface area contributed by atoms with E-state index in [2.05, 4.69) is 5.32 Å². The van der Waals surface area contributed by atoms with Gasteiger partial charge in [0.2, 0.25) is 5.91 Å². The minimum absolute atomic E-state index is 0.217. The molecule has 1 amide bonds. The number of amides is 1. The number of nitrogens with zero attached hydrogens (tertiary/aromatic N) is 1. The van der Waals surface area contributed by atoms with E-state index in [-0.39, 0.29) is 18.3 Å². The van der Waals surface area contributed by atoms with Gasteiger partial charge in [0.1, 0.15) is 11.4 Å². The number of hydrogen-bond acceptors (Lipinski definition) is 5. The van der Waals surface area contributed by atoms with E-state index in [0.717, 1.165) is 42.5 Å². The number of carbonyl (C=O) groups is 2. The standard InChI is InChI=1S/C15H18N2O3S/c1-2-20-15(19)13-10-6-4-3-5-7-11(10)21-14(13)17-12(18)8-9-16/h2-8H2,1H3,(H,17,18). The highest BCUT2D eigenvalue weighted by Crippen LogP contribution is 2.38. The van der Waals surface area contributed by atoms with Crippen LogP contribution in [0.15, 0.2) is 0 Å². The molecule has 0 fully saturated rings. The van der Waals surface area contributed by atoms with Gasteiger partial charge >= 0.3 is 5.97 Å². The maximum absolute atomic E-state index is 12.2. The van der Waals surface area contributed by atoms with Gasteiger partial charge in [0.25, 0.3) is 0 Å². The summed E-state index contributed by atoms with van der Waals surface area (Å²) in [5.74, 6) is -0.774. The number of hydrogen-bond donors (Lipinski definition) is 1. The van der Waals surface area contributed by atoms with Gasteiger partial charge in [-0.2, -0.15) is 5.26 Å². The normalized spacial score (nSPS) is 13.7. The number of rotatable bonds is 4. The first-order valence-corrected chi connectivity index (χ1v) is 7.97. The number of anilines is 1. The first kappa shape index (κ1) is 15.5. The molecule has 112 valence electrons. The summed E-state index contributed by atoms with van der Waals surface area (Å²) in [7, 11) is 0. The summed E-state index contributed by atoms with van der Waals surface area (Å²) in [5, 5.41) is 11.8. The van der Waals surface area contributed by atoms with Crippen LogP contribution < -0.4 is 5.32 Å². The Kier molecular flexibility index (Phi) is 5.34. The van der Waals surface area contributed by atoms with Gasteiger partial charge in [-0.1, -0.05) is 6.42 Å². The number of esters is 1. The second-order valence-corrected chi connectivity index (χ2v) is 5.98. The third kappa shape index (κ3) is 3.61. The SMILES string of the molecule is CCOC(=O)c1c(NC(=O)CC#N)sc2c1CCCCC2. The van der Waals surface area contributed by atoms with Crippen molar-refractivity contribution in [3.05, 3.63) is 16.0 Å². The summed E-state index contributed by atoms with van der Waals surface area (Å²) in [4.78, 5) is 25.0. The van der Waals surface area contributed by atoms with E-state index in [0.29, 0.717) is 17.2 Å². The summed E-state index contributed by atoms with van der Waals surface area (Å²) in [6.45, 7) is 2.06. The molecule has 1 aromatic rings. The molecule has 0 bridgehead atoms. The number of carbonyl (C=O) groups excluding carboxylic acids is 2. The van der Waals surface area contributed by atoms with E-state index in [1.807, 2.05) is 6.07 Å². The lowest BCUT2D eigenvalue weighted by Gasteiger charge is -2.07. The maximum atomic E-state index is 12.2. The number of nitrogens with one attached hydrogen (secondary N) is 1. The average molecular weight is 306 g/mol. The molecule has 0 radical (unpaired) electrons. The fourth-order valence-electron chi connectivity index (χ4n) is 2.49. The summed E-state index contributed by atoms with van der Waals surface area (Å²) in [6.07, 6.45) is 4.85. The molecule has 5 nitrogen and oxygen atoms in total. The summed E-state index contributed by atoms with van der Waals surface area (Å²) >= 11 is 1.44. The molecule has 2 rings (SSSR count). The zero-order chi connectivity index (χ0) is 15.2. The molecule has 0 atom stereocenters. The van der Waals surface area contributed by atoms with Gasteiger partial charge in [-0.25, -0.2) is 4.79 Å². The molecule has 1 aliphatic rings. The Morgan fingerprint density at radius 3 is 2.81 bits per heavy atom. The highest BCUT2D eigenvalue weighted by Gasteiger charge is 2.26. The molecule has 0 spiro atoms. The molecule has 0 aliphatic heterocycles. The first-order chi connectivity index (χ1) is 10.2. The molecular formula is C15H18N2O3S. The number of thiophene rings is 1. The predicted octanol–water partition coefficient (Wildman–Crippen LogP) is 3.05. The van der Waals surface area contributed by atoms with Gasteiger partial charge in [0, 0.05) is 4.88 Å². The van der Waals surface area contributed by atoms with Crippen LogP contribution in [-0.2, 0) is 22.4 Å². The zero-order valence-corrected chi connectivity index (χ0v) is 12.8. The Hall–Kier alpha value is -1.87. The van der Waals surface area contributed by atoms with Crippen molar-refractivity contribution in [1.29, 1.82) is 5.26 Å². The molecular weight excluding hydrogens is 288 g/mol. The Bertz CT molecular complexity index is 586. The molecule has 0 unspecified atom stereocenters. The lowest BCUT2D eigenvalue weighted by Crippen LogP contribution is -2.14. The van der Waals surface area contributed by atoms with E-state index in [1.165, 1.54) is 11.3 Å². The van der Waals surface area contributed by atoms with Crippen LogP contribution in [0.1, 0.15) is 53.4 Å². The van der Waals surface area contributed by atoms with Crippen molar-refractivity contribution in [3.8, 4) is 6.07 Å². The molecule has 21 heavy (non-hydrogen) atoms. The van der Waals surface area contributed by atoms with Gasteiger partial charge in [0.05, 0.1) is 18.2 Å². The average Bonchev–Trinajstić information content (AvgIpc) is 2.61. The molecule has 6 heteroatoms. The number of ether oxygens (including phenoxy) is 1. The first-order valence-electron chi connectivity index (χ1n) is 7.15. The second kappa shape index (κ2) is 7.23. The largest absolute Gasteiger partial charge is 0.462 e. The quantitative estimate of drug-likeness (QED) is 0.685. The third-order valence-corrected chi connectivity index (χ3v) is 4.60. The number of nitriles is 1. The lowest BCUT2D eigenvalue weighted by molar-refractivity contribution is -0.115. The van der Waals surface area contributed by atoms with Crippen molar-refractivity contribution < 1.29 is 14.3 Å². The Labute approximate surface area is 127 Å². The van der Waals surface area contributed by atoms with Crippen LogP contribution in [0.25, 0.3) is 0 Å². The van der Waals surface area contributed by atoms with Crippen molar-refractivity contribution in [2.45, 2.75) is 45.4 Å². The maximum Gasteiger partial charge on any atom is 0.341 e. The molecule has 0 aromatic carbocycles. The zero-order valence-electron chi connectivity index (χ0n) is 12.0. The number of fused-ring (bicyclic) bond motifs is 1. The smallest absolute Gasteiger partial charge is 0.341 e. The van der Waals surface area contributed by atoms with Crippen molar-refractivity contribution in [2.24, 2.45) is 0 Å². The van der Waals surface area contributed by atoms with Gasteiger partial charge in [0.15, 0.2) is 0 Å². The van der Waals surface area contributed by atoms with E-state index in [4.69, 9.17) is 10.00 Å². The van der Waals surface area contributed by atoms with Crippen molar-refractivity contribution in [1.82, 2.24) is 0 Å². The minimum Gasteiger partial charge on any atom is -0.462 e. The van der Waals surface area contributed by atoms with E-state index < -0.39 is 0 Å². The summed E-state index contributed by atoms with van der Waals surface area (Å²) in [6, 6.07) is 1.81. The van der Waals surface area contributed by atoms with Crippen molar-refractivity contribution in [3.63, 3.8) is 0 Å². The van der Waals surface area contributed by atoms with Crippen LogP contribution in [0.5, 0.6) is 0 Å². The van der Waals surface area contributed by atoms with E-state index in [9.17, 15) is 9.59 Å². The van der Waals surface area contributed by atoms with Crippen molar-refractivity contribution in [2.75, 3.05) is 11.9 Å². The summed E-state index contributed by atoms with van der Waals surface area (Å²) < 4.78 is 5.13. The molecule has 1 N–H and O–H groups in total. The Balaban J connectivity index is 2.36. The minimum atomic E-state index is -0.389. The second-order valence-electron chi connectivity index (χ2n) is 4.87. The Morgan fingerprint density at radius 1 is 1.33 bits per heavy atom. The molecule has 0 saturated carbocycles. The molecule has 1 aromatic heterocycles. The van der Waals surface area contributed by atoms with Crippen LogP contribution in [0.4, 0.5) is 5.00 Å². The van der Waals surface area contributed by atoms with Gasteiger partial charge in [-0.15, -0.1) is 11.3 Å². The summed E-state index contributed by atoms with van der Waals surface area (Å²) in [5.41, 5.74) is 1.51.